The van der Waals surface area contributed by atoms with E-state index in [1.165, 1.54) is 11.1 Å². The number of nitrogens with one attached hydrogen (secondary N) is 1. The summed E-state index contributed by atoms with van der Waals surface area (Å²) < 4.78 is 2.09. The average molecular weight is 457 g/mol. The Morgan fingerprint density at radius 3 is 2.74 bits per heavy atom. The van der Waals surface area contributed by atoms with Gasteiger partial charge in [0.1, 0.15) is 5.82 Å². The van der Waals surface area contributed by atoms with E-state index < -0.39 is 0 Å². The van der Waals surface area contributed by atoms with Gasteiger partial charge in [-0.15, -0.1) is 10.2 Å². The van der Waals surface area contributed by atoms with Gasteiger partial charge < -0.3 is 5.32 Å². The van der Waals surface area contributed by atoms with Gasteiger partial charge in [-0.3, -0.25) is 9.36 Å². The standard InChI is InChI=1S/C24H29ClN4OS/c1-3-14-26-23(30)13-5-4-12-22-27-28-24(29(22)21-11-7-10-20(25)16-21)31-17-19-9-6-8-18(2)15-19/h6-11,15-16H,3-5,12-14,17H2,1-2H3,(H,26,30). The van der Waals surface area contributed by atoms with Crippen LogP contribution < -0.4 is 5.32 Å². The number of benzene rings is 2. The highest BCUT2D eigenvalue weighted by atomic mass is 35.5. The van der Waals surface area contributed by atoms with Crippen LogP contribution in [0.3, 0.4) is 0 Å². The zero-order chi connectivity index (χ0) is 22.1. The van der Waals surface area contributed by atoms with Gasteiger partial charge in [0.2, 0.25) is 5.91 Å². The van der Waals surface area contributed by atoms with Crippen LogP contribution in [0.25, 0.3) is 5.69 Å². The van der Waals surface area contributed by atoms with Crippen molar-refractivity contribution >= 4 is 29.3 Å². The number of nitrogens with zero attached hydrogens (tertiary/aromatic N) is 3. The molecule has 3 aromatic rings. The molecule has 0 bridgehead atoms. The molecule has 0 fully saturated rings. The van der Waals surface area contributed by atoms with Gasteiger partial charge in [0.25, 0.3) is 0 Å². The molecule has 164 valence electrons. The fraction of sp³-hybridized carbons (Fsp3) is 0.375. The number of hydrogen-bond acceptors (Lipinski definition) is 4. The fourth-order valence-electron chi connectivity index (χ4n) is 3.30. The van der Waals surface area contributed by atoms with Crippen molar-refractivity contribution in [3.63, 3.8) is 0 Å². The minimum atomic E-state index is 0.118. The van der Waals surface area contributed by atoms with Crippen LogP contribution in [0.2, 0.25) is 5.02 Å². The van der Waals surface area contributed by atoms with Gasteiger partial charge in [0.15, 0.2) is 5.16 Å². The Balaban J connectivity index is 1.71. The lowest BCUT2D eigenvalue weighted by Gasteiger charge is -2.11. The molecule has 0 radical (unpaired) electrons. The van der Waals surface area contributed by atoms with Gasteiger partial charge >= 0.3 is 0 Å². The molecule has 0 saturated heterocycles. The molecule has 7 heteroatoms. The molecule has 1 N–H and O–H groups in total. The van der Waals surface area contributed by atoms with Crippen LogP contribution in [0.5, 0.6) is 0 Å². The maximum atomic E-state index is 11.8. The van der Waals surface area contributed by atoms with E-state index in [1.807, 2.05) is 24.3 Å². The van der Waals surface area contributed by atoms with Crippen LogP contribution in [0, 0.1) is 6.92 Å². The summed E-state index contributed by atoms with van der Waals surface area (Å²) in [5, 5.41) is 13.4. The van der Waals surface area contributed by atoms with Gasteiger partial charge in [-0.05, 0) is 49.9 Å². The smallest absolute Gasteiger partial charge is 0.219 e. The second-order valence-corrected chi connectivity index (χ2v) is 8.93. The van der Waals surface area contributed by atoms with E-state index in [2.05, 4.69) is 58.2 Å². The zero-order valence-electron chi connectivity index (χ0n) is 18.1. The lowest BCUT2D eigenvalue weighted by molar-refractivity contribution is -0.121. The van der Waals surface area contributed by atoms with Crippen molar-refractivity contribution in [3.05, 3.63) is 70.5 Å². The lowest BCUT2D eigenvalue weighted by atomic mass is 10.1. The van der Waals surface area contributed by atoms with E-state index in [1.54, 1.807) is 11.8 Å². The van der Waals surface area contributed by atoms with Gasteiger partial charge in [0.05, 0.1) is 5.69 Å². The molecule has 0 aliphatic heterocycles. The molecule has 1 amide bonds. The Hall–Kier alpha value is -2.31. The van der Waals surface area contributed by atoms with Crippen molar-refractivity contribution < 1.29 is 4.79 Å². The number of unbranched alkanes of at least 4 members (excludes halogenated alkanes) is 1. The van der Waals surface area contributed by atoms with Gasteiger partial charge in [-0.1, -0.05) is 66.2 Å². The van der Waals surface area contributed by atoms with E-state index in [4.69, 9.17) is 11.6 Å². The summed E-state index contributed by atoms with van der Waals surface area (Å²) in [6, 6.07) is 16.3. The van der Waals surface area contributed by atoms with Gasteiger partial charge in [-0.25, -0.2) is 0 Å². The largest absolute Gasteiger partial charge is 0.356 e. The normalized spacial score (nSPS) is 10.9. The predicted molar refractivity (Wildman–Crippen MR) is 128 cm³/mol. The summed E-state index contributed by atoms with van der Waals surface area (Å²) in [4.78, 5) is 11.8. The van der Waals surface area contributed by atoms with E-state index in [9.17, 15) is 4.79 Å². The number of rotatable bonds is 11. The van der Waals surface area contributed by atoms with Crippen LogP contribution in [-0.2, 0) is 17.0 Å². The first-order valence-corrected chi connectivity index (χ1v) is 12.1. The van der Waals surface area contributed by atoms with E-state index in [0.29, 0.717) is 11.4 Å². The summed E-state index contributed by atoms with van der Waals surface area (Å²) in [6.45, 7) is 4.89. The summed E-state index contributed by atoms with van der Waals surface area (Å²) in [6.07, 6.45) is 3.95. The highest BCUT2D eigenvalue weighted by Gasteiger charge is 2.15. The third-order valence-corrected chi connectivity index (χ3v) is 6.08. The molecule has 0 aliphatic rings. The average Bonchev–Trinajstić information content (AvgIpc) is 3.16. The van der Waals surface area contributed by atoms with E-state index in [-0.39, 0.29) is 5.91 Å². The summed E-state index contributed by atoms with van der Waals surface area (Å²) in [7, 11) is 0. The number of aryl methyl sites for hydroxylation is 2. The topological polar surface area (TPSA) is 59.8 Å². The Morgan fingerprint density at radius 1 is 1.13 bits per heavy atom. The van der Waals surface area contributed by atoms with Crippen LogP contribution in [-0.4, -0.2) is 27.2 Å². The lowest BCUT2D eigenvalue weighted by Crippen LogP contribution is -2.23. The molecule has 5 nitrogen and oxygen atoms in total. The van der Waals surface area contributed by atoms with Crippen LogP contribution in [0.4, 0.5) is 0 Å². The third-order valence-electron chi connectivity index (χ3n) is 4.84. The minimum absolute atomic E-state index is 0.118. The Morgan fingerprint density at radius 2 is 1.97 bits per heavy atom. The van der Waals surface area contributed by atoms with Crippen LogP contribution in [0.15, 0.2) is 53.7 Å². The minimum Gasteiger partial charge on any atom is -0.356 e. The summed E-state index contributed by atoms with van der Waals surface area (Å²) in [5.74, 6) is 1.83. The van der Waals surface area contributed by atoms with E-state index >= 15 is 0 Å². The van der Waals surface area contributed by atoms with Crippen LogP contribution >= 0.6 is 23.4 Å². The summed E-state index contributed by atoms with van der Waals surface area (Å²) in [5.41, 5.74) is 3.46. The third kappa shape index (κ3) is 7.11. The molecule has 2 aromatic carbocycles. The zero-order valence-corrected chi connectivity index (χ0v) is 19.7. The quantitative estimate of drug-likeness (QED) is 0.294. The molecule has 0 atom stereocenters. The monoisotopic (exact) mass is 456 g/mol. The fourth-order valence-corrected chi connectivity index (χ4v) is 4.40. The SMILES string of the molecule is CCCNC(=O)CCCCc1nnc(SCc2cccc(C)c2)n1-c1cccc(Cl)c1. The highest BCUT2D eigenvalue weighted by Crippen LogP contribution is 2.27. The molecule has 1 aromatic heterocycles. The number of aromatic nitrogens is 3. The Bertz CT molecular complexity index is 1000. The molecule has 0 saturated carbocycles. The van der Waals surface area contributed by atoms with Crippen molar-refractivity contribution in [2.45, 2.75) is 56.9 Å². The maximum Gasteiger partial charge on any atom is 0.219 e. The molecular formula is C24H29ClN4OS. The second kappa shape index (κ2) is 11.9. The van der Waals surface area contributed by atoms with Crippen molar-refractivity contribution in [2.75, 3.05) is 6.54 Å². The predicted octanol–water partition coefficient (Wildman–Crippen LogP) is 5.76. The molecule has 0 spiro atoms. The molecule has 31 heavy (non-hydrogen) atoms. The van der Waals surface area contributed by atoms with Crippen molar-refractivity contribution in [1.29, 1.82) is 0 Å². The highest BCUT2D eigenvalue weighted by molar-refractivity contribution is 7.98. The van der Waals surface area contributed by atoms with Gasteiger partial charge in [0, 0.05) is 30.2 Å². The Labute approximate surface area is 193 Å². The van der Waals surface area contributed by atoms with Crippen molar-refractivity contribution in [1.82, 2.24) is 20.1 Å². The van der Waals surface area contributed by atoms with Gasteiger partial charge in [-0.2, -0.15) is 0 Å². The second-order valence-electron chi connectivity index (χ2n) is 7.55. The molecule has 0 aliphatic carbocycles. The number of halogens is 1. The molecule has 3 rings (SSSR count). The first-order valence-electron chi connectivity index (χ1n) is 10.7. The summed E-state index contributed by atoms with van der Waals surface area (Å²) >= 11 is 7.92. The van der Waals surface area contributed by atoms with E-state index in [0.717, 1.165) is 54.6 Å². The molecular weight excluding hydrogens is 428 g/mol. The molecule has 1 heterocycles. The first-order chi connectivity index (χ1) is 15.1. The number of carbonyl (C=O) groups is 1. The maximum absolute atomic E-state index is 11.8. The number of amides is 1. The first kappa shape index (κ1) is 23.4. The molecule has 0 unspecified atom stereocenters. The van der Waals surface area contributed by atoms with Crippen molar-refractivity contribution in [3.8, 4) is 5.69 Å². The number of carbonyl (C=O) groups excluding carboxylic acids is 1. The number of hydrogen-bond donors (Lipinski definition) is 1. The van der Waals surface area contributed by atoms with Crippen molar-refractivity contribution in [2.24, 2.45) is 0 Å². The number of thioether (sulfide) groups is 1. The van der Waals surface area contributed by atoms with Crippen LogP contribution in [0.1, 0.15) is 49.6 Å². The Kier molecular flexibility index (Phi) is 8.98.